The Balaban J connectivity index is 1.51. The number of nitrogens with one attached hydrogen (secondary N) is 1. The van der Waals surface area contributed by atoms with Gasteiger partial charge in [-0.2, -0.15) is 0 Å². The van der Waals surface area contributed by atoms with E-state index in [4.69, 9.17) is 9.47 Å². The standard InChI is InChI=1S/C20H31N3O5S/c1-3-16-7-4-5-11-22(16)12-6-10-21-20(24)14-23(29(2,25)26)17-8-9-18-19(13-17)28-15-27-18/h8-9,13,16H,3-7,10-12,14-15H2,1-2H3,(H,21,24). The van der Waals surface area contributed by atoms with E-state index in [9.17, 15) is 13.2 Å². The van der Waals surface area contributed by atoms with Crippen molar-refractivity contribution in [3.05, 3.63) is 18.2 Å². The fraction of sp³-hybridized carbons (Fsp3) is 0.650. The molecule has 0 radical (unpaired) electrons. The number of sulfonamides is 1. The average molecular weight is 426 g/mol. The van der Waals surface area contributed by atoms with Crippen molar-refractivity contribution in [2.45, 2.75) is 45.1 Å². The van der Waals surface area contributed by atoms with Crippen LogP contribution in [-0.4, -0.2) is 64.5 Å². The minimum absolute atomic E-state index is 0.105. The van der Waals surface area contributed by atoms with E-state index in [1.807, 2.05) is 0 Å². The number of nitrogens with zero attached hydrogens (tertiary/aromatic N) is 2. The molecule has 162 valence electrons. The van der Waals surface area contributed by atoms with Gasteiger partial charge < -0.3 is 19.7 Å². The molecule has 0 spiro atoms. The Morgan fingerprint density at radius 3 is 2.83 bits per heavy atom. The lowest BCUT2D eigenvalue weighted by Crippen LogP contribution is -2.42. The van der Waals surface area contributed by atoms with E-state index in [1.165, 1.54) is 19.3 Å². The lowest BCUT2D eigenvalue weighted by Gasteiger charge is -2.35. The van der Waals surface area contributed by atoms with Crippen LogP contribution in [0.2, 0.25) is 0 Å². The maximum absolute atomic E-state index is 12.4. The third-order valence-corrected chi connectivity index (χ3v) is 6.64. The third kappa shape index (κ3) is 5.76. The second kappa shape index (κ2) is 9.67. The van der Waals surface area contributed by atoms with Gasteiger partial charge in [0.25, 0.3) is 0 Å². The molecule has 8 nitrogen and oxygen atoms in total. The zero-order valence-electron chi connectivity index (χ0n) is 17.2. The van der Waals surface area contributed by atoms with Gasteiger partial charge in [-0.15, -0.1) is 0 Å². The van der Waals surface area contributed by atoms with Crippen molar-refractivity contribution in [1.82, 2.24) is 10.2 Å². The zero-order chi connectivity index (χ0) is 20.9. The van der Waals surface area contributed by atoms with E-state index < -0.39 is 10.0 Å². The van der Waals surface area contributed by atoms with Gasteiger partial charge in [-0.25, -0.2) is 8.42 Å². The Morgan fingerprint density at radius 1 is 1.28 bits per heavy atom. The van der Waals surface area contributed by atoms with Crippen LogP contribution in [0.5, 0.6) is 11.5 Å². The largest absolute Gasteiger partial charge is 0.454 e. The fourth-order valence-corrected chi connectivity index (χ4v) is 4.80. The predicted molar refractivity (Wildman–Crippen MR) is 112 cm³/mol. The number of carbonyl (C=O) groups excluding carboxylic acids is 1. The molecule has 1 aromatic carbocycles. The van der Waals surface area contributed by atoms with Crippen LogP contribution in [0, 0.1) is 0 Å². The SMILES string of the molecule is CCC1CCCCN1CCCNC(=O)CN(c1ccc2c(c1)OCO2)S(C)(=O)=O. The first-order valence-corrected chi connectivity index (χ1v) is 12.1. The van der Waals surface area contributed by atoms with Crippen LogP contribution in [0.15, 0.2) is 18.2 Å². The monoisotopic (exact) mass is 425 g/mol. The van der Waals surface area contributed by atoms with E-state index in [0.717, 1.165) is 36.5 Å². The molecule has 1 saturated heterocycles. The molecule has 2 aliphatic rings. The Kier molecular flexibility index (Phi) is 7.23. The lowest BCUT2D eigenvalue weighted by molar-refractivity contribution is -0.119. The third-order valence-electron chi connectivity index (χ3n) is 5.50. The van der Waals surface area contributed by atoms with Crippen LogP contribution in [0.25, 0.3) is 0 Å². The molecule has 9 heteroatoms. The van der Waals surface area contributed by atoms with Gasteiger partial charge in [0.2, 0.25) is 22.7 Å². The summed E-state index contributed by atoms with van der Waals surface area (Å²) in [5.41, 5.74) is 0.381. The molecule has 1 fully saturated rings. The maximum Gasteiger partial charge on any atom is 0.240 e. The van der Waals surface area contributed by atoms with E-state index in [0.29, 0.717) is 29.8 Å². The number of rotatable bonds is 9. The topological polar surface area (TPSA) is 88.2 Å². The van der Waals surface area contributed by atoms with Crippen LogP contribution in [-0.2, 0) is 14.8 Å². The first kappa shape index (κ1) is 21.7. The van der Waals surface area contributed by atoms with Crippen molar-refractivity contribution in [2.24, 2.45) is 0 Å². The Hall–Kier alpha value is -2.00. The summed E-state index contributed by atoms with van der Waals surface area (Å²) in [6.07, 6.45) is 6.89. The summed E-state index contributed by atoms with van der Waals surface area (Å²) in [5.74, 6) is 0.720. The molecule has 1 N–H and O–H groups in total. The van der Waals surface area contributed by atoms with Gasteiger partial charge in [0.05, 0.1) is 11.9 Å². The first-order chi connectivity index (χ1) is 13.9. The van der Waals surface area contributed by atoms with E-state index in [1.54, 1.807) is 18.2 Å². The number of carbonyl (C=O) groups is 1. The first-order valence-electron chi connectivity index (χ1n) is 10.3. The summed E-state index contributed by atoms with van der Waals surface area (Å²) < 4.78 is 36.1. The summed E-state index contributed by atoms with van der Waals surface area (Å²) in [5, 5.41) is 2.85. The molecule has 1 unspecified atom stereocenters. The van der Waals surface area contributed by atoms with Gasteiger partial charge in [0.1, 0.15) is 6.54 Å². The minimum atomic E-state index is -3.62. The number of likely N-dealkylation sites (tertiary alicyclic amines) is 1. The molecule has 1 atom stereocenters. The second-order valence-corrected chi connectivity index (χ2v) is 9.51. The summed E-state index contributed by atoms with van der Waals surface area (Å²) in [6, 6.07) is 5.49. The molecule has 3 rings (SSSR count). The van der Waals surface area contributed by atoms with Crippen molar-refractivity contribution in [1.29, 1.82) is 0 Å². The number of hydrogen-bond acceptors (Lipinski definition) is 6. The van der Waals surface area contributed by atoms with Gasteiger partial charge in [-0.05, 0) is 44.4 Å². The molecule has 0 aliphatic carbocycles. The highest BCUT2D eigenvalue weighted by Gasteiger charge is 2.24. The predicted octanol–water partition coefficient (Wildman–Crippen LogP) is 1.95. The van der Waals surface area contributed by atoms with E-state index >= 15 is 0 Å². The minimum Gasteiger partial charge on any atom is -0.454 e. The molecule has 1 aromatic rings. The van der Waals surface area contributed by atoms with E-state index in [2.05, 4.69) is 17.1 Å². The van der Waals surface area contributed by atoms with Crippen LogP contribution in [0.3, 0.4) is 0 Å². The smallest absolute Gasteiger partial charge is 0.240 e. The number of anilines is 1. The Bertz CT molecular complexity index is 814. The molecule has 0 aromatic heterocycles. The number of ether oxygens (including phenoxy) is 2. The summed E-state index contributed by atoms with van der Waals surface area (Å²) >= 11 is 0. The molecular formula is C20H31N3O5S. The Labute approximate surface area is 173 Å². The van der Waals surface area contributed by atoms with Crippen LogP contribution < -0.4 is 19.1 Å². The molecule has 0 bridgehead atoms. The summed E-state index contributed by atoms with van der Waals surface area (Å²) in [6.45, 7) is 4.67. The molecule has 2 heterocycles. The van der Waals surface area contributed by atoms with Gasteiger partial charge in [0, 0.05) is 25.2 Å². The molecule has 29 heavy (non-hydrogen) atoms. The number of fused-ring (bicyclic) bond motifs is 1. The van der Waals surface area contributed by atoms with Crippen LogP contribution >= 0.6 is 0 Å². The van der Waals surface area contributed by atoms with Crippen molar-refractivity contribution in [3.8, 4) is 11.5 Å². The van der Waals surface area contributed by atoms with Gasteiger partial charge in [-0.1, -0.05) is 13.3 Å². The van der Waals surface area contributed by atoms with Gasteiger partial charge in [-0.3, -0.25) is 9.10 Å². The van der Waals surface area contributed by atoms with Crippen molar-refractivity contribution < 1.29 is 22.7 Å². The highest BCUT2D eigenvalue weighted by atomic mass is 32.2. The van der Waals surface area contributed by atoms with Crippen molar-refractivity contribution in [3.63, 3.8) is 0 Å². The van der Waals surface area contributed by atoms with Gasteiger partial charge >= 0.3 is 0 Å². The highest BCUT2D eigenvalue weighted by Crippen LogP contribution is 2.36. The summed E-state index contributed by atoms with van der Waals surface area (Å²) in [4.78, 5) is 14.9. The molecule has 0 saturated carbocycles. The fourth-order valence-electron chi connectivity index (χ4n) is 3.95. The second-order valence-electron chi connectivity index (χ2n) is 7.60. The number of amides is 1. The quantitative estimate of drug-likeness (QED) is 0.609. The van der Waals surface area contributed by atoms with Crippen LogP contribution in [0.4, 0.5) is 5.69 Å². The number of hydrogen-bond donors (Lipinski definition) is 1. The molecule has 2 aliphatic heterocycles. The Morgan fingerprint density at radius 2 is 2.07 bits per heavy atom. The highest BCUT2D eigenvalue weighted by molar-refractivity contribution is 7.92. The molecular weight excluding hydrogens is 394 g/mol. The number of benzene rings is 1. The lowest BCUT2D eigenvalue weighted by atomic mass is 10.00. The molecule has 1 amide bonds. The van der Waals surface area contributed by atoms with E-state index in [-0.39, 0.29) is 19.2 Å². The van der Waals surface area contributed by atoms with Crippen LogP contribution in [0.1, 0.15) is 39.0 Å². The van der Waals surface area contributed by atoms with Crippen molar-refractivity contribution >= 4 is 21.6 Å². The average Bonchev–Trinajstić information content (AvgIpc) is 3.16. The van der Waals surface area contributed by atoms with Gasteiger partial charge in [0.15, 0.2) is 11.5 Å². The maximum atomic E-state index is 12.4. The summed E-state index contributed by atoms with van der Waals surface area (Å²) in [7, 11) is -3.62. The normalized spacial score (nSPS) is 19.2. The van der Waals surface area contributed by atoms with Crippen molar-refractivity contribution in [2.75, 3.05) is 43.5 Å². The zero-order valence-corrected chi connectivity index (χ0v) is 18.0. The number of piperidine rings is 1.